The van der Waals surface area contributed by atoms with Gasteiger partial charge in [0.1, 0.15) is 5.01 Å². The summed E-state index contributed by atoms with van der Waals surface area (Å²) in [7, 11) is 0. The average Bonchev–Trinajstić information content (AvgIpc) is 3.15. The van der Waals surface area contributed by atoms with E-state index in [4.69, 9.17) is 0 Å². The molecular weight excluding hydrogens is 306 g/mol. The first kappa shape index (κ1) is 14.3. The highest BCUT2D eigenvalue weighted by molar-refractivity contribution is 7.09. The van der Waals surface area contributed by atoms with Gasteiger partial charge in [-0.3, -0.25) is 9.78 Å². The number of fused-ring (bicyclic) bond motifs is 1. The Morgan fingerprint density at radius 3 is 2.91 bits per heavy atom. The molecule has 0 saturated carbocycles. The summed E-state index contributed by atoms with van der Waals surface area (Å²) in [6, 6.07) is 9.79. The Morgan fingerprint density at radius 2 is 2.04 bits per heavy atom. The first-order valence-corrected chi connectivity index (χ1v) is 8.76. The van der Waals surface area contributed by atoms with Crippen LogP contribution in [-0.4, -0.2) is 27.3 Å². The topological polar surface area (TPSA) is 46.1 Å². The number of para-hydroxylation sites is 1. The van der Waals surface area contributed by atoms with E-state index in [0.29, 0.717) is 5.56 Å². The first-order chi connectivity index (χ1) is 11.3. The highest BCUT2D eigenvalue weighted by Crippen LogP contribution is 2.33. The van der Waals surface area contributed by atoms with Gasteiger partial charge in [0.15, 0.2) is 0 Å². The summed E-state index contributed by atoms with van der Waals surface area (Å²) in [4.78, 5) is 24.0. The van der Waals surface area contributed by atoms with Crippen LogP contribution in [0.3, 0.4) is 0 Å². The van der Waals surface area contributed by atoms with Gasteiger partial charge < -0.3 is 4.90 Å². The second-order valence-corrected chi connectivity index (χ2v) is 6.69. The molecule has 1 amide bonds. The summed E-state index contributed by atoms with van der Waals surface area (Å²) in [5.74, 6) is 0.0641. The minimum atomic E-state index is 0.0641. The monoisotopic (exact) mass is 323 g/mol. The van der Waals surface area contributed by atoms with Gasteiger partial charge in [-0.05, 0) is 31.4 Å². The van der Waals surface area contributed by atoms with Crippen molar-refractivity contribution in [1.82, 2.24) is 14.9 Å². The van der Waals surface area contributed by atoms with Crippen LogP contribution in [0.1, 0.15) is 40.7 Å². The van der Waals surface area contributed by atoms with Crippen molar-refractivity contribution in [2.45, 2.75) is 25.3 Å². The van der Waals surface area contributed by atoms with E-state index < -0.39 is 0 Å². The van der Waals surface area contributed by atoms with Crippen molar-refractivity contribution in [3.63, 3.8) is 0 Å². The summed E-state index contributed by atoms with van der Waals surface area (Å²) in [5.41, 5.74) is 1.47. The number of aromatic nitrogens is 2. The zero-order chi connectivity index (χ0) is 15.6. The molecule has 2 aromatic heterocycles. The molecule has 1 fully saturated rings. The summed E-state index contributed by atoms with van der Waals surface area (Å²) < 4.78 is 0. The molecule has 1 atom stereocenters. The summed E-state index contributed by atoms with van der Waals surface area (Å²) in [6.45, 7) is 0.784. The van der Waals surface area contributed by atoms with Gasteiger partial charge in [-0.1, -0.05) is 18.2 Å². The molecule has 0 spiro atoms. The molecule has 1 aliphatic rings. The normalized spacial score (nSPS) is 18.3. The number of thiazole rings is 1. The quantitative estimate of drug-likeness (QED) is 0.714. The number of amides is 1. The molecule has 5 heteroatoms. The molecule has 3 heterocycles. The van der Waals surface area contributed by atoms with Crippen LogP contribution in [0.2, 0.25) is 0 Å². The number of hydrogen-bond donors (Lipinski definition) is 0. The van der Waals surface area contributed by atoms with E-state index in [1.54, 1.807) is 17.5 Å². The van der Waals surface area contributed by atoms with Crippen molar-refractivity contribution in [2.75, 3.05) is 6.54 Å². The number of rotatable bonds is 2. The summed E-state index contributed by atoms with van der Waals surface area (Å²) in [6.07, 6.45) is 6.73. The molecule has 1 unspecified atom stereocenters. The van der Waals surface area contributed by atoms with Crippen molar-refractivity contribution in [3.8, 4) is 0 Å². The predicted octanol–water partition coefficient (Wildman–Crippen LogP) is 4.06. The van der Waals surface area contributed by atoms with E-state index in [0.717, 1.165) is 41.7 Å². The van der Waals surface area contributed by atoms with E-state index in [9.17, 15) is 4.79 Å². The van der Waals surface area contributed by atoms with Crippen molar-refractivity contribution in [1.29, 1.82) is 0 Å². The van der Waals surface area contributed by atoms with Crippen molar-refractivity contribution < 1.29 is 4.79 Å². The van der Waals surface area contributed by atoms with Crippen molar-refractivity contribution in [2.24, 2.45) is 0 Å². The SMILES string of the molecule is O=C(c1cccc2cccnc12)N1CCCCC1c1nccs1. The zero-order valence-electron chi connectivity index (χ0n) is 12.7. The lowest BCUT2D eigenvalue weighted by Crippen LogP contribution is -2.38. The summed E-state index contributed by atoms with van der Waals surface area (Å²) >= 11 is 1.63. The molecule has 1 saturated heterocycles. The van der Waals surface area contributed by atoms with Gasteiger partial charge in [-0.2, -0.15) is 0 Å². The Hall–Kier alpha value is -2.27. The number of nitrogens with zero attached hydrogens (tertiary/aromatic N) is 3. The van der Waals surface area contributed by atoms with Gasteiger partial charge in [-0.25, -0.2) is 4.98 Å². The second-order valence-electron chi connectivity index (χ2n) is 5.76. The number of likely N-dealkylation sites (tertiary alicyclic amines) is 1. The Labute approximate surface area is 138 Å². The standard InChI is InChI=1S/C18H17N3OS/c22-18(14-7-3-5-13-6-4-9-19-16(13)14)21-11-2-1-8-15(21)17-20-10-12-23-17/h3-7,9-10,12,15H,1-2,8,11H2. The average molecular weight is 323 g/mol. The molecule has 0 radical (unpaired) electrons. The van der Waals surface area contributed by atoms with Crippen molar-refractivity contribution in [3.05, 3.63) is 58.7 Å². The van der Waals surface area contributed by atoms with Crippen LogP contribution in [0.25, 0.3) is 10.9 Å². The molecule has 1 aromatic carbocycles. The van der Waals surface area contributed by atoms with Crippen molar-refractivity contribution >= 4 is 28.1 Å². The van der Waals surface area contributed by atoms with Gasteiger partial charge in [-0.15, -0.1) is 11.3 Å². The van der Waals surface area contributed by atoms with Crippen LogP contribution in [0.15, 0.2) is 48.1 Å². The maximum atomic E-state index is 13.2. The predicted molar refractivity (Wildman–Crippen MR) is 91.5 cm³/mol. The number of pyridine rings is 1. The van der Waals surface area contributed by atoms with E-state index >= 15 is 0 Å². The molecule has 4 nitrogen and oxygen atoms in total. The Balaban J connectivity index is 1.74. The van der Waals surface area contributed by atoms with Crippen LogP contribution in [0.5, 0.6) is 0 Å². The van der Waals surface area contributed by atoms with Crippen LogP contribution < -0.4 is 0 Å². The molecule has 0 bridgehead atoms. The summed E-state index contributed by atoms with van der Waals surface area (Å²) in [5, 5.41) is 4.01. The fourth-order valence-corrected chi connectivity index (χ4v) is 4.05. The van der Waals surface area contributed by atoms with E-state index in [-0.39, 0.29) is 11.9 Å². The molecule has 0 aliphatic carbocycles. The van der Waals surface area contributed by atoms with E-state index in [1.165, 1.54) is 0 Å². The zero-order valence-corrected chi connectivity index (χ0v) is 13.5. The van der Waals surface area contributed by atoms with Gasteiger partial charge >= 0.3 is 0 Å². The van der Waals surface area contributed by atoms with E-state index in [1.807, 2.05) is 46.8 Å². The molecule has 116 valence electrons. The molecule has 0 N–H and O–H groups in total. The van der Waals surface area contributed by atoms with E-state index in [2.05, 4.69) is 9.97 Å². The highest BCUT2D eigenvalue weighted by atomic mass is 32.1. The maximum absolute atomic E-state index is 13.2. The molecular formula is C18H17N3OS. The Morgan fingerprint density at radius 1 is 1.13 bits per heavy atom. The van der Waals surface area contributed by atoms with Gasteiger partial charge in [0.05, 0.1) is 17.1 Å². The minimum absolute atomic E-state index is 0.0641. The fraction of sp³-hybridized carbons (Fsp3) is 0.278. The number of carbonyl (C=O) groups excluding carboxylic acids is 1. The first-order valence-electron chi connectivity index (χ1n) is 7.89. The molecule has 3 aromatic rings. The lowest BCUT2D eigenvalue weighted by atomic mass is 10.0. The lowest BCUT2D eigenvalue weighted by molar-refractivity contribution is 0.0613. The molecule has 23 heavy (non-hydrogen) atoms. The third-order valence-electron chi connectivity index (χ3n) is 4.36. The van der Waals surface area contributed by atoms with Crippen LogP contribution in [-0.2, 0) is 0 Å². The van der Waals surface area contributed by atoms with Crippen LogP contribution in [0.4, 0.5) is 0 Å². The number of piperidine rings is 1. The Kier molecular flexibility index (Phi) is 3.79. The lowest BCUT2D eigenvalue weighted by Gasteiger charge is -2.34. The number of benzene rings is 1. The number of hydrogen-bond acceptors (Lipinski definition) is 4. The minimum Gasteiger partial charge on any atom is -0.329 e. The largest absolute Gasteiger partial charge is 0.329 e. The number of carbonyl (C=O) groups is 1. The van der Waals surface area contributed by atoms with Gasteiger partial charge in [0, 0.05) is 29.7 Å². The second kappa shape index (κ2) is 6.08. The molecule has 1 aliphatic heterocycles. The third kappa shape index (κ3) is 2.61. The Bertz CT molecular complexity index is 826. The third-order valence-corrected chi connectivity index (χ3v) is 5.24. The highest BCUT2D eigenvalue weighted by Gasteiger charge is 2.31. The maximum Gasteiger partial charge on any atom is 0.256 e. The smallest absolute Gasteiger partial charge is 0.256 e. The molecule has 4 rings (SSSR count). The van der Waals surface area contributed by atoms with Crippen LogP contribution >= 0.6 is 11.3 Å². The van der Waals surface area contributed by atoms with Crippen LogP contribution in [0, 0.1) is 0 Å². The fourth-order valence-electron chi connectivity index (χ4n) is 3.26. The van der Waals surface area contributed by atoms with Gasteiger partial charge in [0.2, 0.25) is 0 Å². The van der Waals surface area contributed by atoms with Gasteiger partial charge in [0.25, 0.3) is 5.91 Å².